The first-order valence-corrected chi connectivity index (χ1v) is 12.5. The first kappa shape index (κ1) is 19.9. The van der Waals surface area contributed by atoms with Crippen molar-refractivity contribution in [2.45, 2.75) is 63.2 Å². The number of thiophene rings is 1. The van der Waals surface area contributed by atoms with E-state index in [1.165, 1.54) is 11.3 Å². The Kier molecular flexibility index (Phi) is 5.51. The van der Waals surface area contributed by atoms with E-state index in [9.17, 15) is 13.2 Å². The van der Waals surface area contributed by atoms with Gasteiger partial charge in [-0.1, -0.05) is 31.0 Å². The number of nitrogens with zero attached hydrogens (tertiary/aromatic N) is 1. The van der Waals surface area contributed by atoms with Crippen molar-refractivity contribution in [3.63, 3.8) is 0 Å². The van der Waals surface area contributed by atoms with Crippen LogP contribution in [0.1, 0.15) is 67.1 Å². The number of fused-ring (bicyclic) bond motifs is 1. The van der Waals surface area contributed by atoms with Gasteiger partial charge in [-0.3, -0.25) is 4.79 Å². The van der Waals surface area contributed by atoms with Crippen LogP contribution in [0.5, 0.6) is 0 Å². The number of benzene rings is 1. The molecule has 2 heterocycles. The van der Waals surface area contributed by atoms with Crippen molar-refractivity contribution in [3.8, 4) is 0 Å². The molecular weight excluding hydrogens is 392 g/mol. The van der Waals surface area contributed by atoms with E-state index in [4.69, 9.17) is 0 Å². The molecule has 2 aliphatic rings. The Bertz CT molecular complexity index is 975. The molecule has 1 aromatic carbocycles. The van der Waals surface area contributed by atoms with Crippen LogP contribution >= 0.6 is 11.3 Å². The van der Waals surface area contributed by atoms with Crippen LogP contribution in [0.15, 0.2) is 24.3 Å². The lowest BCUT2D eigenvalue weighted by Crippen LogP contribution is -2.36. The fraction of sp³-hybridized carbons (Fsp3) is 0.571. The van der Waals surface area contributed by atoms with Crippen LogP contribution in [0, 0.1) is 0 Å². The molecule has 152 valence electrons. The van der Waals surface area contributed by atoms with Gasteiger partial charge in [0.05, 0.1) is 10.1 Å². The van der Waals surface area contributed by atoms with E-state index < -0.39 is 10.0 Å². The van der Waals surface area contributed by atoms with Gasteiger partial charge in [0, 0.05) is 29.7 Å². The summed E-state index contributed by atoms with van der Waals surface area (Å²) >= 11 is 1.51. The van der Waals surface area contributed by atoms with Crippen LogP contribution in [-0.2, 0) is 10.0 Å². The van der Waals surface area contributed by atoms with E-state index >= 15 is 0 Å². The zero-order valence-corrected chi connectivity index (χ0v) is 18.1. The predicted octanol–water partition coefficient (Wildman–Crippen LogP) is 4.10. The van der Waals surface area contributed by atoms with E-state index in [1.807, 2.05) is 32.0 Å². The summed E-state index contributed by atoms with van der Waals surface area (Å²) in [4.78, 5) is 13.6. The number of carbonyl (C=O) groups excluding carboxylic acids is 1. The lowest BCUT2D eigenvalue weighted by molar-refractivity contribution is 0.0946. The number of nitrogens with one attached hydrogen (secondary N) is 1. The molecule has 7 heteroatoms. The highest BCUT2D eigenvalue weighted by atomic mass is 32.2. The smallest absolute Gasteiger partial charge is 0.261 e. The molecule has 1 saturated heterocycles. The second kappa shape index (κ2) is 7.76. The molecule has 0 unspecified atom stereocenters. The summed E-state index contributed by atoms with van der Waals surface area (Å²) in [5, 5.41) is 3.89. The quantitative estimate of drug-likeness (QED) is 0.792. The maximum absolute atomic E-state index is 13.0. The zero-order valence-electron chi connectivity index (χ0n) is 16.5. The van der Waals surface area contributed by atoms with E-state index in [2.05, 4.69) is 11.4 Å². The number of carbonyl (C=O) groups is 1. The third-order valence-corrected chi connectivity index (χ3v) is 9.45. The van der Waals surface area contributed by atoms with Crippen LogP contribution < -0.4 is 5.32 Å². The minimum absolute atomic E-state index is 0.0525. The van der Waals surface area contributed by atoms with Crippen molar-refractivity contribution < 1.29 is 13.2 Å². The maximum atomic E-state index is 13.0. The van der Waals surface area contributed by atoms with Crippen molar-refractivity contribution in [3.05, 3.63) is 34.7 Å². The van der Waals surface area contributed by atoms with Gasteiger partial charge in [-0.25, -0.2) is 12.7 Å². The number of amides is 1. The van der Waals surface area contributed by atoms with E-state index in [-0.39, 0.29) is 23.1 Å². The summed E-state index contributed by atoms with van der Waals surface area (Å²) in [7, 11) is -3.23. The number of rotatable bonds is 5. The topological polar surface area (TPSA) is 66.5 Å². The third kappa shape index (κ3) is 3.60. The molecule has 1 amide bonds. The minimum Gasteiger partial charge on any atom is -0.349 e. The monoisotopic (exact) mass is 420 g/mol. The van der Waals surface area contributed by atoms with Crippen molar-refractivity contribution in [1.82, 2.24) is 9.62 Å². The molecule has 2 fully saturated rings. The first-order valence-electron chi connectivity index (χ1n) is 10.2. The van der Waals surface area contributed by atoms with Gasteiger partial charge in [0.1, 0.15) is 0 Å². The third-order valence-electron chi connectivity index (χ3n) is 5.90. The molecule has 0 spiro atoms. The van der Waals surface area contributed by atoms with Gasteiger partial charge in [-0.15, -0.1) is 11.3 Å². The van der Waals surface area contributed by atoms with E-state index in [0.717, 1.165) is 52.6 Å². The molecular formula is C21H28N2O3S2. The molecule has 1 aliphatic heterocycles. The average molecular weight is 421 g/mol. The molecule has 4 rings (SSSR count). The van der Waals surface area contributed by atoms with Gasteiger partial charge < -0.3 is 5.32 Å². The van der Waals surface area contributed by atoms with Gasteiger partial charge in [0.25, 0.3) is 5.91 Å². The van der Waals surface area contributed by atoms with E-state index in [1.54, 1.807) is 4.31 Å². The largest absolute Gasteiger partial charge is 0.349 e. The fourth-order valence-corrected chi connectivity index (χ4v) is 7.85. The fourth-order valence-electron chi connectivity index (χ4n) is 4.56. The van der Waals surface area contributed by atoms with Crippen LogP contribution in [0.3, 0.4) is 0 Å². The summed E-state index contributed by atoms with van der Waals surface area (Å²) < 4.78 is 28.8. The Balaban J connectivity index is 1.66. The highest BCUT2D eigenvalue weighted by Crippen LogP contribution is 2.41. The van der Waals surface area contributed by atoms with Crippen LogP contribution in [0.2, 0.25) is 0 Å². The normalized spacial score (nSPS) is 21.8. The van der Waals surface area contributed by atoms with Crippen LogP contribution in [0.4, 0.5) is 0 Å². The standard InChI is InChI=1S/C21H28N2O3S2/c1-14(2)22-21(24)20-19(17-9-5-6-10-18(17)27-20)15-11-12-23(13-15)28(25,26)16-7-3-4-8-16/h5-6,9-10,14-16H,3-4,7-8,11-13H2,1-2H3,(H,22,24)/t15-/m0/s1. The van der Waals surface area contributed by atoms with Gasteiger partial charge in [-0.2, -0.15) is 0 Å². The van der Waals surface area contributed by atoms with Crippen molar-refractivity contribution in [1.29, 1.82) is 0 Å². The Labute approximate surface area is 171 Å². The molecule has 28 heavy (non-hydrogen) atoms. The average Bonchev–Trinajstić information content (AvgIpc) is 3.38. The minimum atomic E-state index is -3.23. The van der Waals surface area contributed by atoms with Gasteiger partial charge >= 0.3 is 0 Å². The molecule has 1 saturated carbocycles. The molecule has 5 nitrogen and oxygen atoms in total. The molecule has 1 aromatic heterocycles. The van der Waals surface area contributed by atoms with Gasteiger partial charge in [0.15, 0.2) is 0 Å². The summed E-state index contributed by atoms with van der Waals surface area (Å²) in [5.41, 5.74) is 1.03. The summed E-state index contributed by atoms with van der Waals surface area (Å²) in [6, 6.07) is 8.13. The van der Waals surface area contributed by atoms with Gasteiger partial charge in [-0.05, 0) is 50.1 Å². The Morgan fingerprint density at radius 3 is 2.61 bits per heavy atom. The summed E-state index contributed by atoms with van der Waals surface area (Å²) in [6.07, 6.45) is 4.36. The van der Waals surface area contributed by atoms with Crippen LogP contribution in [-0.4, -0.2) is 43.0 Å². The number of sulfonamides is 1. The molecule has 1 atom stereocenters. The summed E-state index contributed by atoms with van der Waals surface area (Å²) in [5.74, 6) is 0.0172. The lowest BCUT2D eigenvalue weighted by atomic mass is 9.95. The molecule has 1 N–H and O–H groups in total. The SMILES string of the molecule is CC(C)NC(=O)c1sc2ccccc2c1[C@H]1CCN(S(=O)(=O)C2CCCC2)C1. The predicted molar refractivity (Wildman–Crippen MR) is 115 cm³/mol. The molecule has 0 radical (unpaired) electrons. The second-order valence-corrected chi connectivity index (χ2v) is 11.5. The zero-order chi connectivity index (χ0) is 19.9. The molecule has 0 bridgehead atoms. The molecule has 1 aliphatic carbocycles. The van der Waals surface area contributed by atoms with Crippen molar-refractivity contribution in [2.75, 3.05) is 13.1 Å². The van der Waals surface area contributed by atoms with Crippen LogP contribution in [0.25, 0.3) is 10.1 Å². The number of hydrogen-bond acceptors (Lipinski definition) is 4. The second-order valence-electron chi connectivity index (χ2n) is 8.26. The maximum Gasteiger partial charge on any atom is 0.261 e. The summed E-state index contributed by atoms with van der Waals surface area (Å²) in [6.45, 7) is 4.95. The van der Waals surface area contributed by atoms with Crippen molar-refractivity contribution >= 4 is 37.4 Å². The lowest BCUT2D eigenvalue weighted by Gasteiger charge is -2.21. The number of hydrogen-bond donors (Lipinski definition) is 1. The Hall–Kier alpha value is -1.44. The highest BCUT2D eigenvalue weighted by Gasteiger charge is 2.40. The Morgan fingerprint density at radius 1 is 1.18 bits per heavy atom. The Morgan fingerprint density at radius 2 is 1.89 bits per heavy atom. The van der Waals surface area contributed by atoms with Gasteiger partial charge in [0.2, 0.25) is 10.0 Å². The van der Waals surface area contributed by atoms with E-state index in [0.29, 0.717) is 13.1 Å². The molecule has 2 aromatic rings. The first-order chi connectivity index (χ1) is 13.4. The van der Waals surface area contributed by atoms with Crippen molar-refractivity contribution in [2.24, 2.45) is 0 Å². The highest BCUT2D eigenvalue weighted by molar-refractivity contribution is 7.89.